The van der Waals surface area contributed by atoms with Crippen LogP contribution in [0.25, 0.3) is 0 Å². The quantitative estimate of drug-likeness (QED) is 0.760. The molecule has 0 bridgehead atoms. The predicted molar refractivity (Wildman–Crippen MR) is 94.9 cm³/mol. The summed E-state index contributed by atoms with van der Waals surface area (Å²) in [5.41, 5.74) is 2.86. The van der Waals surface area contributed by atoms with Crippen LogP contribution < -0.4 is 0 Å². The Morgan fingerprint density at radius 2 is 1.85 bits per heavy atom. The van der Waals surface area contributed by atoms with Crippen LogP contribution in [-0.2, 0) is 20.8 Å². The molecule has 1 aromatic carbocycles. The summed E-state index contributed by atoms with van der Waals surface area (Å²) < 4.78 is 12.2. The molecule has 7 nitrogen and oxygen atoms in total. The Balaban J connectivity index is 1.64. The van der Waals surface area contributed by atoms with E-state index in [2.05, 4.69) is 5.10 Å². The number of rotatable bonds is 5. The van der Waals surface area contributed by atoms with Gasteiger partial charge >= 0.3 is 5.97 Å². The predicted octanol–water partition coefficient (Wildman–Crippen LogP) is 1.56. The molecule has 1 aromatic heterocycles. The maximum atomic E-state index is 12.5. The maximum Gasteiger partial charge on any atom is 0.342 e. The van der Waals surface area contributed by atoms with Crippen molar-refractivity contribution in [1.82, 2.24) is 14.7 Å². The van der Waals surface area contributed by atoms with Gasteiger partial charge in [-0.1, -0.05) is 30.3 Å². The van der Waals surface area contributed by atoms with Crippen LogP contribution in [0.3, 0.4) is 0 Å². The average molecular weight is 357 g/mol. The number of hydrogen-bond acceptors (Lipinski definition) is 5. The van der Waals surface area contributed by atoms with Crippen molar-refractivity contribution in [2.75, 3.05) is 32.9 Å². The average Bonchev–Trinajstić information content (AvgIpc) is 2.94. The van der Waals surface area contributed by atoms with Crippen LogP contribution in [0.5, 0.6) is 0 Å². The molecule has 0 unspecified atom stereocenters. The zero-order valence-electron chi connectivity index (χ0n) is 15.1. The van der Waals surface area contributed by atoms with Crippen LogP contribution in [0.2, 0.25) is 0 Å². The Morgan fingerprint density at radius 3 is 2.54 bits per heavy atom. The van der Waals surface area contributed by atoms with Gasteiger partial charge in [0.15, 0.2) is 6.61 Å². The molecule has 1 aliphatic heterocycles. The maximum absolute atomic E-state index is 12.5. The standard InChI is InChI=1S/C19H23N3O4/c1-14-18(15(2)22(20-14)12-16-6-4-3-5-7-16)19(24)26-13-17(23)21-8-10-25-11-9-21/h3-7H,8-13H2,1-2H3. The van der Waals surface area contributed by atoms with Crippen LogP contribution in [-0.4, -0.2) is 59.5 Å². The van der Waals surface area contributed by atoms with Crippen molar-refractivity contribution in [3.8, 4) is 0 Å². The highest BCUT2D eigenvalue weighted by Crippen LogP contribution is 2.16. The summed E-state index contributed by atoms with van der Waals surface area (Å²) in [6, 6.07) is 9.91. The zero-order chi connectivity index (χ0) is 18.5. The van der Waals surface area contributed by atoms with E-state index in [0.29, 0.717) is 44.1 Å². The van der Waals surface area contributed by atoms with Gasteiger partial charge in [-0.3, -0.25) is 9.48 Å². The van der Waals surface area contributed by atoms with Crippen LogP contribution in [0.1, 0.15) is 27.3 Å². The molecular weight excluding hydrogens is 334 g/mol. The van der Waals surface area contributed by atoms with Crippen molar-refractivity contribution >= 4 is 11.9 Å². The van der Waals surface area contributed by atoms with E-state index in [9.17, 15) is 9.59 Å². The van der Waals surface area contributed by atoms with Crippen LogP contribution in [0.4, 0.5) is 0 Å². The fourth-order valence-electron chi connectivity index (χ4n) is 3.01. The van der Waals surface area contributed by atoms with Crippen LogP contribution >= 0.6 is 0 Å². The van der Waals surface area contributed by atoms with E-state index in [1.807, 2.05) is 37.3 Å². The Hall–Kier alpha value is -2.67. The number of hydrogen-bond donors (Lipinski definition) is 0. The molecule has 0 radical (unpaired) electrons. The van der Waals surface area contributed by atoms with E-state index >= 15 is 0 Å². The second-order valence-electron chi connectivity index (χ2n) is 6.26. The van der Waals surface area contributed by atoms with Gasteiger partial charge in [-0.2, -0.15) is 5.10 Å². The molecule has 1 fully saturated rings. The molecule has 0 N–H and O–H groups in total. The number of aromatic nitrogens is 2. The third kappa shape index (κ3) is 4.11. The summed E-state index contributed by atoms with van der Waals surface area (Å²) in [7, 11) is 0. The van der Waals surface area contributed by atoms with E-state index in [1.165, 1.54) is 0 Å². The number of morpholine rings is 1. The lowest BCUT2D eigenvalue weighted by atomic mass is 10.2. The Kier molecular flexibility index (Phi) is 5.68. The molecule has 7 heteroatoms. The van der Waals surface area contributed by atoms with Gasteiger partial charge in [-0.15, -0.1) is 0 Å². The van der Waals surface area contributed by atoms with Gasteiger partial charge in [0.05, 0.1) is 31.1 Å². The molecule has 26 heavy (non-hydrogen) atoms. The number of nitrogens with zero attached hydrogens (tertiary/aromatic N) is 3. The molecule has 0 saturated carbocycles. The second kappa shape index (κ2) is 8.14. The number of benzene rings is 1. The first-order chi connectivity index (χ1) is 12.6. The first-order valence-electron chi connectivity index (χ1n) is 8.67. The van der Waals surface area contributed by atoms with Gasteiger partial charge in [0, 0.05) is 13.1 Å². The van der Waals surface area contributed by atoms with Gasteiger partial charge in [-0.25, -0.2) is 4.79 Å². The van der Waals surface area contributed by atoms with E-state index in [-0.39, 0.29) is 12.5 Å². The van der Waals surface area contributed by atoms with Gasteiger partial charge in [0.25, 0.3) is 5.91 Å². The summed E-state index contributed by atoms with van der Waals surface area (Å²) in [6.45, 7) is 6.02. The van der Waals surface area contributed by atoms with Gasteiger partial charge in [-0.05, 0) is 19.4 Å². The molecule has 1 aliphatic rings. The van der Waals surface area contributed by atoms with Gasteiger partial charge in [0.2, 0.25) is 0 Å². The minimum atomic E-state index is -0.513. The fraction of sp³-hybridized carbons (Fsp3) is 0.421. The number of aryl methyl sites for hydroxylation is 1. The SMILES string of the molecule is Cc1nn(Cc2ccccc2)c(C)c1C(=O)OCC(=O)N1CCOCC1. The normalized spacial score (nSPS) is 14.3. The highest BCUT2D eigenvalue weighted by Gasteiger charge is 2.23. The Labute approximate surface area is 152 Å². The van der Waals surface area contributed by atoms with Crippen molar-refractivity contribution < 1.29 is 19.1 Å². The molecule has 3 rings (SSSR count). The largest absolute Gasteiger partial charge is 0.452 e. The van der Waals surface area contributed by atoms with Crippen molar-refractivity contribution in [2.24, 2.45) is 0 Å². The lowest BCUT2D eigenvalue weighted by molar-refractivity contribution is -0.138. The first kappa shape index (κ1) is 18.1. The van der Waals surface area contributed by atoms with Crippen LogP contribution in [0, 0.1) is 13.8 Å². The number of amides is 1. The smallest absolute Gasteiger partial charge is 0.342 e. The number of carbonyl (C=O) groups excluding carboxylic acids is 2. The lowest BCUT2D eigenvalue weighted by Gasteiger charge is -2.26. The van der Waals surface area contributed by atoms with Crippen molar-refractivity contribution in [1.29, 1.82) is 0 Å². The van der Waals surface area contributed by atoms with Crippen molar-refractivity contribution in [3.05, 3.63) is 52.8 Å². The monoisotopic (exact) mass is 357 g/mol. The molecule has 1 amide bonds. The topological polar surface area (TPSA) is 73.7 Å². The molecule has 2 heterocycles. The number of carbonyl (C=O) groups is 2. The molecule has 0 aliphatic carbocycles. The number of esters is 1. The zero-order valence-corrected chi connectivity index (χ0v) is 15.1. The first-order valence-corrected chi connectivity index (χ1v) is 8.67. The van der Waals surface area contributed by atoms with Crippen LogP contribution in [0.15, 0.2) is 30.3 Å². The van der Waals surface area contributed by atoms with Crippen molar-refractivity contribution in [3.63, 3.8) is 0 Å². The molecule has 1 saturated heterocycles. The molecule has 2 aromatic rings. The summed E-state index contributed by atoms with van der Waals surface area (Å²) >= 11 is 0. The summed E-state index contributed by atoms with van der Waals surface area (Å²) in [6.07, 6.45) is 0. The third-order valence-electron chi connectivity index (χ3n) is 4.45. The van der Waals surface area contributed by atoms with E-state index in [4.69, 9.17) is 9.47 Å². The van der Waals surface area contributed by atoms with Gasteiger partial charge < -0.3 is 14.4 Å². The second-order valence-corrected chi connectivity index (χ2v) is 6.26. The summed E-state index contributed by atoms with van der Waals surface area (Å²) in [5, 5.41) is 4.45. The van der Waals surface area contributed by atoms with Gasteiger partial charge in [0.1, 0.15) is 5.56 Å². The summed E-state index contributed by atoms with van der Waals surface area (Å²) in [4.78, 5) is 26.2. The molecule has 0 atom stereocenters. The molecule has 0 spiro atoms. The molecular formula is C19H23N3O4. The third-order valence-corrected chi connectivity index (χ3v) is 4.45. The minimum absolute atomic E-state index is 0.200. The van der Waals surface area contributed by atoms with E-state index in [0.717, 1.165) is 11.3 Å². The fourth-order valence-corrected chi connectivity index (χ4v) is 3.01. The summed E-state index contributed by atoms with van der Waals surface area (Å²) in [5.74, 6) is -0.713. The Bertz CT molecular complexity index is 780. The van der Waals surface area contributed by atoms with Crippen molar-refractivity contribution in [2.45, 2.75) is 20.4 Å². The van der Waals surface area contributed by atoms with E-state index in [1.54, 1.807) is 16.5 Å². The highest BCUT2D eigenvalue weighted by atomic mass is 16.5. The lowest BCUT2D eigenvalue weighted by Crippen LogP contribution is -2.42. The highest BCUT2D eigenvalue weighted by molar-refractivity contribution is 5.93. The van der Waals surface area contributed by atoms with E-state index < -0.39 is 5.97 Å². The Morgan fingerprint density at radius 1 is 1.15 bits per heavy atom. The number of ether oxygens (including phenoxy) is 2. The molecule has 138 valence electrons. The minimum Gasteiger partial charge on any atom is -0.452 e.